The third-order valence-electron chi connectivity index (χ3n) is 5.24. The first-order valence-electron chi connectivity index (χ1n) is 11.0. The molecule has 33 heavy (non-hydrogen) atoms. The van der Waals surface area contributed by atoms with Crippen molar-refractivity contribution in [2.24, 2.45) is 0 Å². The van der Waals surface area contributed by atoms with Crippen molar-refractivity contribution >= 4 is 21.6 Å². The Bertz CT molecular complexity index is 1140. The van der Waals surface area contributed by atoms with E-state index in [-0.39, 0.29) is 24.8 Å². The van der Waals surface area contributed by atoms with Gasteiger partial charge in [0.2, 0.25) is 15.9 Å². The Kier molecular flexibility index (Phi) is 8.49. The van der Waals surface area contributed by atoms with Crippen molar-refractivity contribution in [1.82, 2.24) is 5.32 Å². The fourth-order valence-electron chi connectivity index (χ4n) is 3.47. The van der Waals surface area contributed by atoms with E-state index >= 15 is 0 Å². The van der Waals surface area contributed by atoms with E-state index in [0.29, 0.717) is 30.2 Å². The Morgan fingerprint density at radius 2 is 1.55 bits per heavy atom. The van der Waals surface area contributed by atoms with Crippen LogP contribution in [0.1, 0.15) is 31.2 Å². The van der Waals surface area contributed by atoms with Gasteiger partial charge in [-0.2, -0.15) is 0 Å². The van der Waals surface area contributed by atoms with E-state index in [9.17, 15) is 13.2 Å². The van der Waals surface area contributed by atoms with Crippen molar-refractivity contribution in [3.8, 4) is 11.5 Å². The van der Waals surface area contributed by atoms with Crippen LogP contribution in [0.4, 0.5) is 5.69 Å². The average molecular weight is 467 g/mol. The number of amides is 1. The zero-order valence-corrected chi connectivity index (χ0v) is 19.8. The summed E-state index contributed by atoms with van der Waals surface area (Å²) >= 11 is 0. The number of carbonyl (C=O) groups excluding carboxylic acids is 1. The molecule has 0 saturated carbocycles. The molecule has 3 aromatic rings. The molecule has 0 aliphatic heterocycles. The molecule has 0 saturated heterocycles. The number of ether oxygens (including phenoxy) is 1. The molecule has 0 spiro atoms. The molecule has 0 radical (unpaired) electrons. The lowest BCUT2D eigenvalue weighted by Gasteiger charge is -2.24. The normalized spacial score (nSPS) is 12.1. The SMILES string of the molecule is CC(CNC(=O)CCCN(c1ccccc1Oc1ccccc1)S(C)(=O)=O)c1ccccc1. The van der Waals surface area contributed by atoms with Gasteiger partial charge in [0, 0.05) is 19.5 Å². The van der Waals surface area contributed by atoms with Gasteiger partial charge < -0.3 is 10.1 Å². The Labute approximate surface area is 196 Å². The minimum atomic E-state index is -3.57. The van der Waals surface area contributed by atoms with Crippen LogP contribution in [0.5, 0.6) is 11.5 Å². The molecule has 3 aromatic carbocycles. The van der Waals surface area contributed by atoms with Crippen molar-refractivity contribution < 1.29 is 17.9 Å². The topological polar surface area (TPSA) is 75.7 Å². The van der Waals surface area contributed by atoms with Crippen molar-refractivity contribution in [3.63, 3.8) is 0 Å². The highest BCUT2D eigenvalue weighted by Gasteiger charge is 2.21. The molecule has 1 N–H and O–H groups in total. The van der Waals surface area contributed by atoms with Gasteiger partial charge in [0.15, 0.2) is 5.75 Å². The number of carbonyl (C=O) groups is 1. The molecule has 1 amide bonds. The summed E-state index contributed by atoms with van der Waals surface area (Å²) in [6.07, 6.45) is 1.78. The van der Waals surface area contributed by atoms with Crippen LogP contribution in [0, 0.1) is 0 Å². The standard InChI is InChI=1S/C26H30N2O4S/c1-21(22-12-5-3-6-13-22)20-27-26(29)18-11-19-28(33(2,30)31)24-16-9-10-17-25(24)32-23-14-7-4-8-15-23/h3-10,12-17,21H,11,18-20H2,1-2H3,(H,27,29). The summed E-state index contributed by atoms with van der Waals surface area (Å²) < 4.78 is 32.3. The first-order valence-corrected chi connectivity index (χ1v) is 12.8. The molecule has 7 heteroatoms. The van der Waals surface area contributed by atoms with E-state index in [1.54, 1.807) is 24.3 Å². The second-order valence-electron chi connectivity index (χ2n) is 7.94. The molecular formula is C26H30N2O4S. The van der Waals surface area contributed by atoms with E-state index in [1.807, 2.05) is 60.7 Å². The summed E-state index contributed by atoms with van der Waals surface area (Å²) in [7, 11) is -3.57. The summed E-state index contributed by atoms with van der Waals surface area (Å²) in [5.41, 5.74) is 1.61. The maximum Gasteiger partial charge on any atom is 0.232 e. The average Bonchev–Trinajstić information content (AvgIpc) is 2.81. The van der Waals surface area contributed by atoms with Crippen LogP contribution >= 0.6 is 0 Å². The van der Waals surface area contributed by atoms with E-state index in [0.717, 1.165) is 11.8 Å². The molecule has 0 heterocycles. The molecule has 0 bridgehead atoms. The van der Waals surface area contributed by atoms with Crippen LogP contribution in [0.2, 0.25) is 0 Å². The Morgan fingerprint density at radius 3 is 2.21 bits per heavy atom. The summed E-state index contributed by atoms with van der Waals surface area (Å²) in [5, 5.41) is 2.95. The zero-order valence-electron chi connectivity index (χ0n) is 19.0. The van der Waals surface area contributed by atoms with Gasteiger partial charge in [-0.3, -0.25) is 9.10 Å². The lowest BCUT2D eigenvalue weighted by molar-refractivity contribution is -0.121. The number of para-hydroxylation sites is 3. The number of rotatable bonds is 11. The molecule has 0 aromatic heterocycles. The molecule has 1 unspecified atom stereocenters. The van der Waals surface area contributed by atoms with Gasteiger partial charge >= 0.3 is 0 Å². The Balaban J connectivity index is 1.60. The van der Waals surface area contributed by atoms with Gasteiger partial charge in [-0.05, 0) is 42.2 Å². The number of nitrogens with zero attached hydrogens (tertiary/aromatic N) is 1. The lowest BCUT2D eigenvalue weighted by atomic mass is 10.0. The first-order chi connectivity index (χ1) is 15.8. The van der Waals surface area contributed by atoms with Gasteiger partial charge in [-0.15, -0.1) is 0 Å². The predicted octanol–water partition coefficient (Wildman–Crippen LogP) is 4.95. The monoisotopic (exact) mass is 466 g/mol. The van der Waals surface area contributed by atoms with Gasteiger partial charge in [0.1, 0.15) is 5.75 Å². The first kappa shape index (κ1) is 24.3. The second-order valence-corrected chi connectivity index (χ2v) is 9.84. The quantitative estimate of drug-likeness (QED) is 0.434. The molecule has 0 aliphatic rings. The van der Waals surface area contributed by atoms with Crippen molar-refractivity contribution in [2.45, 2.75) is 25.7 Å². The third kappa shape index (κ3) is 7.36. The van der Waals surface area contributed by atoms with Crippen molar-refractivity contribution in [2.75, 3.05) is 23.7 Å². The fourth-order valence-corrected chi connectivity index (χ4v) is 4.44. The molecule has 1 atom stereocenters. The molecule has 0 aliphatic carbocycles. The summed E-state index contributed by atoms with van der Waals surface area (Å²) in [6.45, 7) is 2.77. The van der Waals surface area contributed by atoms with E-state index in [4.69, 9.17) is 4.74 Å². The van der Waals surface area contributed by atoms with Crippen LogP contribution in [-0.4, -0.2) is 33.7 Å². The maximum atomic E-state index is 12.6. The van der Waals surface area contributed by atoms with Gasteiger partial charge in [0.25, 0.3) is 0 Å². The van der Waals surface area contributed by atoms with Gasteiger partial charge in [-0.25, -0.2) is 8.42 Å². The summed E-state index contributed by atoms with van der Waals surface area (Å²) in [4.78, 5) is 12.4. The number of hydrogen-bond acceptors (Lipinski definition) is 4. The molecule has 3 rings (SSSR count). The number of hydrogen-bond donors (Lipinski definition) is 1. The Hall–Kier alpha value is -3.32. The van der Waals surface area contributed by atoms with Crippen LogP contribution in [-0.2, 0) is 14.8 Å². The number of sulfonamides is 1. The highest BCUT2D eigenvalue weighted by molar-refractivity contribution is 7.92. The lowest BCUT2D eigenvalue weighted by Crippen LogP contribution is -2.33. The predicted molar refractivity (Wildman–Crippen MR) is 132 cm³/mol. The van der Waals surface area contributed by atoms with E-state index in [1.165, 1.54) is 4.31 Å². The highest BCUT2D eigenvalue weighted by atomic mass is 32.2. The van der Waals surface area contributed by atoms with Crippen molar-refractivity contribution in [1.29, 1.82) is 0 Å². The van der Waals surface area contributed by atoms with Crippen LogP contribution in [0.3, 0.4) is 0 Å². The number of anilines is 1. The number of benzene rings is 3. The molecule has 6 nitrogen and oxygen atoms in total. The van der Waals surface area contributed by atoms with E-state index in [2.05, 4.69) is 12.2 Å². The third-order valence-corrected chi connectivity index (χ3v) is 6.42. The molecule has 174 valence electrons. The minimum absolute atomic E-state index is 0.0972. The smallest absolute Gasteiger partial charge is 0.232 e. The van der Waals surface area contributed by atoms with Crippen LogP contribution < -0.4 is 14.4 Å². The summed E-state index contributed by atoms with van der Waals surface area (Å²) in [6, 6.07) is 26.2. The number of nitrogens with one attached hydrogen (secondary N) is 1. The zero-order chi connectivity index (χ0) is 23.7. The highest BCUT2D eigenvalue weighted by Crippen LogP contribution is 2.33. The maximum absolute atomic E-state index is 12.6. The minimum Gasteiger partial charge on any atom is -0.455 e. The Morgan fingerprint density at radius 1 is 0.939 bits per heavy atom. The fraction of sp³-hybridized carbons (Fsp3) is 0.269. The van der Waals surface area contributed by atoms with Crippen LogP contribution in [0.15, 0.2) is 84.9 Å². The van der Waals surface area contributed by atoms with Crippen molar-refractivity contribution in [3.05, 3.63) is 90.5 Å². The second kappa shape index (κ2) is 11.5. The largest absolute Gasteiger partial charge is 0.455 e. The molecular weight excluding hydrogens is 436 g/mol. The summed E-state index contributed by atoms with van der Waals surface area (Å²) in [5.74, 6) is 1.16. The van der Waals surface area contributed by atoms with Crippen LogP contribution in [0.25, 0.3) is 0 Å². The van der Waals surface area contributed by atoms with Gasteiger partial charge in [-0.1, -0.05) is 67.6 Å². The van der Waals surface area contributed by atoms with Gasteiger partial charge in [0.05, 0.1) is 11.9 Å². The molecule has 0 fully saturated rings. The van der Waals surface area contributed by atoms with E-state index < -0.39 is 10.0 Å².